The van der Waals surface area contributed by atoms with Crippen LogP contribution in [0.5, 0.6) is 0 Å². The molecule has 0 amide bonds. The zero-order valence-electron chi connectivity index (χ0n) is 10.1. The number of benzene rings is 1. The van der Waals surface area contributed by atoms with Gasteiger partial charge in [0.25, 0.3) is 0 Å². The minimum Gasteiger partial charge on any atom is -0.356 e. The fourth-order valence-corrected chi connectivity index (χ4v) is 1.73. The second kappa shape index (κ2) is 4.83. The van der Waals surface area contributed by atoms with E-state index in [1.807, 2.05) is 25.1 Å². The van der Waals surface area contributed by atoms with Crippen LogP contribution in [0.2, 0.25) is 0 Å². The molecule has 0 fully saturated rings. The molecule has 0 aliphatic heterocycles. The summed E-state index contributed by atoms with van der Waals surface area (Å²) < 4.78 is 5.22. The van der Waals surface area contributed by atoms with Gasteiger partial charge in [-0.3, -0.25) is 0 Å². The average Bonchev–Trinajstić information content (AvgIpc) is 2.76. The standard InChI is InChI=1S/C15H15NO/c1-4-5-11(2)13-6-8-14(9-7-13)15-12(3)10-16-17-15/h4-10H,1H2,2-3H3/b11-5+. The number of nitrogens with zero attached hydrogens (tertiary/aromatic N) is 1. The maximum Gasteiger partial charge on any atom is 0.169 e. The number of aryl methyl sites for hydroxylation is 1. The van der Waals surface area contributed by atoms with Crippen LogP contribution in [0.1, 0.15) is 18.1 Å². The monoisotopic (exact) mass is 225 g/mol. The number of allylic oxidation sites excluding steroid dienone is 3. The molecule has 0 aliphatic rings. The minimum absolute atomic E-state index is 0.835. The van der Waals surface area contributed by atoms with E-state index in [9.17, 15) is 0 Å². The van der Waals surface area contributed by atoms with Gasteiger partial charge < -0.3 is 4.52 Å². The van der Waals surface area contributed by atoms with Crippen molar-refractivity contribution >= 4 is 5.57 Å². The summed E-state index contributed by atoms with van der Waals surface area (Å²) in [5.74, 6) is 0.835. The van der Waals surface area contributed by atoms with Crippen molar-refractivity contribution in [3.8, 4) is 11.3 Å². The Kier molecular flexibility index (Phi) is 3.24. The van der Waals surface area contributed by atoms with E-state index in [0.29, 0.717) is 0 Å². The van der Waals surface area contributed by atoms with E-state index in [4.69, 9.17) is 4.52 Å². The molecular formula is C15H15NO. The lowest BCUT2D eigenvalue weighted by Gasteiger charge is -2.02. The SMILES string of the molecule is C=C/C=C(\C)c1ccc(-c2oncc2C)cc1. The van der Waals surface area contributed by atoms with Crippen molar-refractivity contribution in [3.05, 3.63) is 60.3 Å². The van der Waals surface area contributed by atoms with Crippen LogP contribution in [0.15, 0.2) is 53.7 Å². The van der Waals surface area contributed by atoms with E-state index in [0.717, 1.165) is 16.9 Å². The van der Waals surface area contributed by atoms with Crippen LogP contribution >= 0.6 is 0 Å². The smallest absolute Gasteiger partial charge is 0.169 e. The first-order valence-electron chi connectivity index (χ1n) is 5.54. The van der Waals surface area contributed by atoms with Gasteiger partial charge in [0.2, 0.25) is 0 Å². The van der Waals surface area contributed by atoms with Crippen LogP contribution in [0, 0.1) is 6.92 Å². The summed E-state index contributed by atoms with van der Waals surface area (Å²) in [7, 11) is 0. The fraction of sp³-hybridized carbons (Fsp3) is 0.133. The zero-order chi connectivity index (χ0) is 12.3. The van der Waals surface area contributed by atoms with Crippen molar-refractivity contribution < 1.29 is 4.52 Å². The van der Waals surface area contributed by atoms with Gasteiger partial charge in [-0.2, -0.15) is 0 Å². The fourth-order valence-electron chi connectivity index (χ4n) is 1.73. The molecule has 2 aromatic rings. The van der Waals surface area contributed by atoms with E-state index in [2.05, 4.69) is 30.8 Å². The first-order chi connectivity index (χ1) is 8.22. The molecule has 0 saturated heterocycles. The van der Waals surface area contributed by atoms with Crippen LogP contribution < -0.4 is 0 Å². The van der Waals surface area contributed by atoms with Crippen LogP contribution in [0.25, 0.3) is 16.9 Å². The van der Waals surface area contributed by atoms with Gasteiger partial charge in [0.1, 0.15) is 0 Å². The van der Waals surface area contributed by atoms with Crippen LogP contribution in [-0.4, -0.2) is 5.16 Å². The molecule has 86 valence electrons. The van der Waals surface area contributed by atoms with E-state index < -0.39 is 0 Å². The quantitative estimate of drug-likeness (QED) is 0.730. The second-order valence-corrected chi connectivity index (χ2v) is 4.00. The molecule has 0 aliphatic carbocycles. The lowest BCUT2D eigenvalue weighted by atomic mass is 10.0. The topological polar surface area (TPSA) is 26.0 Å². The molecule has 0 saturated carbocycles. The molecule has 0 radical (unpaired) electrons. The van der Waals surface area contributed by atoms with Crippen molar-refractivity contribution in [2.45, 2.75) is 13.8 Å². The van der Waals surface area contributed by atoms with E-state index >= 15 is 0 Å². The predicted octanol–water partition coefficient (Wildman–Crippen LogP) is 4.24. The number of aromatic nitrogens is 1. The molecule has 2 rings (SSSR count). The summed E-state index contributed by atoms with van der Waals surface area (Å²) in [5.41, 5.74) is 4.48. The Balaban J connectivity index is 2.34. The molecule has 0 bridgehead atoms. The molecule has 0 spiro atoms. The van der Waals surface area contributed by atoms with E-state index in [-0.39, 0.29) is 0 Å². The van der Waals surface area contributed by atoms with Gasteiger partial charge in [-0.15, -0.1) is 0 Å². The third kappa shape index (κ3) is 2.36. The van der Waals surface area contributed by atoms with Gasteiger partial charge in [-0.1, -0.05) is 48.2 Å². The third-order valence-electron chi connectivity index (χ3n) is 2.72. The molecule has 0 atom stereocenters. The molecule has 1 aromatic carbocycles. The van der Waals surface area contributed by atoms with Gasteiger partial charge in [-0.05, 0) is 25.0 Å². The Labute approximate surface area is 101 Å². The largest absolute Gasteiger partial charge is 0.356 e. The highest BCUT2D eigenvalue weighted by molar-refractivity contribution is 5.69. The highest BCUT2D eigenvalue weighted by atomic mass is 16.5. The first kappa shape index (κ1) is 11.4. The Morgan fingerprint density at radius 2 is 2.00 bits per heavy atom. The molecule has 17 heavy (non-hydrogen) atoms. The van der Waals surface area contributed by atoms with Crippen LogP contribution in [0.3, 0.4) is 0 Å². The molecule has 1 aromatic heterocycles. The van der Waals surface area contributed by atoms with Crippen LogP contribution in [0.4, 0.5) is 0 Å². The van der Waals surface area contributed by atoms with Gasteiger partial charge in [0.15, 0.2) is 5.76 Å². The van der Waals surface area contributed by atoms with Gasteiger partial charge in [0.05, 0.1) is 6.20 Å². The van der Waals surface area contributed by atoms with Crippen molar-refractivity contribution in [2.75, 3.05) is 0 Å². The Morgan fingerprint density at radius 3 is 2.53 bits per heavy atom. The number of rotatable bonds is 3. The number of hydrogen-bond donors (Lipinski definition) is 0. The highest BCUT2D eigenvalue weighted by Gasteiger charge is 2.06. The normalized spacial score (nSPS) is 11.5. The molecule has 2 nitrogen and oxygen atoms in total. The summed E-state index contributed by atoms with van der Waals surface area (Å²) in [6.07, 6.45) is 5.52. The van der Waals surface area contributed by atoms with Crippen molar-refractivity contribution in [2.24, 2.45) is 0 Å². The lowest BCUT2D eigenvalue weighted by molar-refractivity contribution is 0.432. The molecule has 2 heteroatoms. The Bertz CT molecular complexity index is 547. The predicted molar refractivity (Wildman–Crippen MR) is 70.5 cm³/mol. The Hall–Kier alpha value is -2.09. The van der Waals surface area contributed by atoms with Gasteiger partial charge in [-0.25, -0.2) is 0 Å². The summed E-state index contributed by atoms with van der Waals surface area (Å²) in [5, 5.41) is 3.79. The minimum atomic E-state index is 0.835. The molecule has 0 N–H and O–H groups in total. The van der Waals surface area contributed by atoms with E-state index in [1.165, 1.54) is 11.1 Å². The summed E-state index contributed by atoms with van der Waals surface area (Å²) in [6, 6.07) is 8.24. The van der Waals surface area contributed by atoms with E-state index in [1.54, 1.807) is 12.3 Å². The molecule has 1 heterocycles. The highest BCUT2D eigenvalue weighted by Crippen LogP contribution is 2.24. The van der Waals surface area contributed by atoms with Crippen molar-refractivity contribution in [1.82, 2.24) is 5.16 Å². The first-order valence-corrected chi connectivity index (χ1v) is 5.54. The Morgan fingerprint density at radius 1 is 1.29 bits per heavy atom. The molecule has 0 unspecified atom stereocenters. The van der Waals surface area contributed by atoms with Crippen molar-refractivity contribution in [1.29, 1.82) is 0 Å². The molecular weight excluding hydrogens is 210 g/mol. The van der Waals surface area contributed by atoms with Gasteiger partial charge in [0, 0.05) is 11.1 Å². The second-order valence-electron chi connectivity index (χ2n) is 4.00. The van der Waals surface area contributed by atoms with Crippen LogP contribution in [-0.2, 0) is 0 Å². The maximum atomic E-state index is 5.22. The third-order valence-corrected chi connectivity index (χ3v) is 2.72. The summed E-state index contributed by atoms with van der Waals surface area (Å²) >= 11 is 0. The lowest BCUT2D eigenvalue weighted by Crippen LogP contribution is -1.81. The van der Waals surface area contributed by atoms with Crippen molar-refractivity contribution in [3.63, 3.8) is 0 Å². The summed E-state index contributed by atoms with van der Waals surface area (Å²) in [4.78, 5) is 0. The maximum absolute atomic E-state index is 5.22. The average molecular weight is 225 g/mol. The summed E-state index contributed by atoms with van der Waals surface area (Å²) in [6.45, 7) is 7.75. The zero-order valence-corrected chi connectivity index (χ0v) is 10.1. The number of hydrogen-bond acceptors (Lipinski definition) is 2. The van der Waals surface area contributed by atoms with Gasteiger partial charge >= 0.3 is 0 Å².